The zero-order chi connectivity index (χ0) is 12.3. The summed E-state index contributed by atoms with van der Waals surface area (Å²) < 4.78 is 0. The molecule has 0 saturated heterocycles. The molecule has 4 nitrogen and oxygen atoms in total. The first kappa shape index (κ1) is 12.7. The average Bonchev–Trinajstić information content (AvgIpc) is 2.33. The Kier molecular flexibility index (Phi) is 4.29. The van der Waals surface area contributed by atoms with Gasteiger partial charge in [-0.15, -0.1) is 11.6 Å². The molecule has 2 N–H and O–H groups in total. The molecule has 6 heteroatoms. The molecule has 0 bridgehead atoms. The third kappa shape index (κ3) is 3.13. The van der Waals surface area contributed by atoms with Crippen LogP contribution in [-0.4, -0.2) is 21.9 Å². The first-order valence-electron chi connectivity index (χ1n) is 5.79. The van der Waals surface area contributed by atoms with E-state index in [1.165, 1.54) is 19.2 Å². The number of alkyl halides is 1. The molecule has 1 saturated carbocycles. The van der Waals surface area contributed by atoms with Gasteiger partial charge in [0.05, 0.1) is 6.33 Å². The van der Waals surface area contributed by atoms with Crippen LogP contribution in [0.2, 0.25) is 5.02 Å². The van der Waals surface area contributed by atoms with Crippen LogP contribution in [0.25, 0.3) is 0 Å². The highest BCUT2D eigenvalue weighted by Crippen LogP contribution is 2.29. The first-order chi connectivity index (χ1) is 8.18. The lowest BCUT2D eigenvalue weighted by atomic mass is 9.89. The van der Waals surface area contributed by atoms with E-state index in [1.54, 1.807) is 0 Å². The van der Waals surface area contributed by atoms with Crippen molar-refractivity contribution in [1.29, 1.82) is 0 Å². The molecule has 1 aromatic rings. The topological polar surface area (TPSA) is 57.8 Å². The molecule has 0 spiro atoms. The smallest absolute Gasteiger partial charge is 0.271 e. The van der Waals surface area contributed by atoms with Gasteiger partial charge in [0.25, 0.3) is 5.56 Å². The quantitative estimate of drug-likeness (QED) is 0.834. The Morgan fingerprint density at radius 1 is 1.47 bits per heavy atom. The fourth-order valence-corrected chi connectivity index (χ4v) is 2.67. The van der Waals surface area contributed by atoms with Gasteiger partial charge >= 0.3 is 0 Å². The highest BCUT2D eigenvalue weighted by molar-refractivity contribution is 6.32. The number of hydrogen-bond acceptors (Lipinski definition) is 3. The zero-order valence-corrected chi connectivity index (χ0v) is 10.9. The summed E-state index contributed by atoms with van der Waals surface area (Å²) >= 11 is 12.1. The molecule has 2 atom stereocenters. The molecule has 0 aliphatic heterocycles. The molecular formula is C11H15Cl2N3O. The molecule has 1 fully saturated rings. The Balaban J connectivity index is 1.97. The second-order valence-electron chi connectivity index (χ2n) is 4.34. The lowest BCUT2D eigenvalue weighted by Crippen LogP contribution is -2.27. The number of H-pyrrole nitrogens is 1. The number of nitrogens with one attached hydrogen (secondary N) is 2. The highest BCUT2D eigenvalue weighted by Gasteiger charge is 2.23. The summed E-state index contributed by atoms with van der Waals surface area (Å²) in [4.78, 5) is 17.7. The third-order valence-corrected chi connectivity index (χ3v) is 4.07. The summed E-state index contributed by atoms with van der Waals surface area (Å²) in [5.41, 5.74) is -0.324. The standard InChI is InChI=1S/C11H15Cl2N3O/c12-8-4-2-1-3-7(8)5-14-10-9(13)11(17)16-6-15-10/h6-8H,1-5H2,(H2,14,15,16,17). The van der Waals surface area contributed by atoms with Crippen LogP contribution >= 0.6 is 23.2 Å². The summed E-state index contributed by atoms with van der Waals surface area (Å²) in [5, 5.41) is 3.42. The lowest BCUT2D eigenvalue weighted by Gasteiger charge is -2.27. The van der Waals surface area contributed by atoms with Crippen LogP contribution in [0, 0.1) is 5.92 Å². The van der Waals surface area contributed by atoms with Gasteiger partial charge in [0.2, 0.25) is 0 Å². The van der Waals surface area contributed by atoms with Crippen molar-refractivity contribution in [3.05, 3.63) is 21.7 Å². The van der Waals surface area contributed by atoms with Crippen LogP contribution in [0.15, 0.2) is 11.1 Å². The molecule has 1 aromatic heterocycles. The van der Waals surface area contributed by atoms with E-state index in [9.17, 15) is 4.79 Å². The SMILES string of the molecule is O=c1[nH]cnc(NCC2CCCCC2Cl)c1Cl. The average molecular weight is 276 g/mol. The molecule has 2 unspecified atom stereocenters. The van der Waals surface area contributed by atoms with Gasteiger partial charge in [-0.25, -0.2) is 4.98 Å². The molecule has 17 heavy (non-hydrogen) atoms. The normalized spacial score (nSPS) is 24.6. The number of nitrogens with zero attached hydrogens (tertiary/aromatic N) is 1. The Hall–Kier alpha value is -0.740. The maximum atomic E-state index is 11.3. The number of anilines is 1. The number of hydrogen-bond donors (Lipinski definition) is 2. The van der Waals surface area contributed by atoms with Crippen LogP contribution in [0.1, 0.15) is 25.7 Å². The van der Waals surface area contributed by atoms with Crippen LogP contribution < -0.4 is 10.9 Å². The lowest BCUT2D eigenvalue weighted by molar-refractivity contribution is 0.380. The van der Waals surface area contributed by atoms with Crippen LogP contribution in [0.3, 0.4) is 0 Å². The van der Waals surface area contributed by atoms with Crippen molar-refractivity contribution >= 4 is 29.0 Å². The third-order valence-electron chi connectivity index (χ3n) is 3.14. The molecule has 0 aromatic carbocycles. The maximum Gasteiger partial charge on any atom is 0.271 e. The van der Waals surface area contributed by atoms with Gasteiger partial charge in [0.1, 0.15) is 5.02 Å². The van der Waals surface area contributed by atoms with Gasteiger partial charge in [-0.2, -0.15) is 0 Å². The highest BCUT2D eigenvalue weighted by atomic mass is 35.5. The monoisotopic (exact) mass is 275 g/mol. The van der Waals surface area contributed by atoms with Gasteiger partial charge in [-0.3, -0.25) is 4.79 Å². The van der Waals surface area contributed by atoms with Gasteiger partial charge in [0.15, 0.2) is 5.82 Å². The summed E-state index contributed by atoms with van der Waals surface area (Å²) in [6.45, 7) is 0.713. The predicted molar refractivity (Wildman–Crippen MR) is 70.0 cm³/mol. The number of aromatic amines is 1. The molecule has 0 amide bonds. The van der Waals surface area contributed by atoms with Crippen molar-refractivity contribution in [2.75, 3.05) is 11.9 Å². The van der Waals surface area contributed by atoms with Crippen molar-refractivity contribution < 1.29 is 0 Å². The van der Waals surface area contributed by atoms with Gasteiger partial charge < -0.3 is 10.3 Å². The zero-order valence-electron chi connectivity index (χ0n) is 9.38. The summed E-state index contributed by atoms with van der Waals surface area (Å²) in [6.07, 6.45) is 5.93. The molecule has 1 heterocycles. The number of aromatic nitrogens is 2. The van der Waals surface area contributed by atoms with Crippen molar-refractivity contribution in [2.45, 2.75) is 31.1 Å². The molecule has 1 aliphatic carbocycles. The van der Waals surface area contributed by atoms with E-state index in [-0.39, 0.29) is 16.0 Å². The fraction of sp³-hybridized carbons (Fsp3) is 0.636. The maximum absolute atomic E-state index is 11.3. The van der Waals surface area contributed by atoms with Crippen molar-refractivity contribution in [2.24, 2.45) is 5.92 Å². The summed E-state index contributed by atoms with van der Waals surface area (Å²) in [7, 11) is 0. The van der Waals surface area contributed by atoms with Crippen molar-refractivity contribution in [1.82, 2.24) is 9.97 Å². The van der Waals surface area contributed by atoms with Crippen molar-refractivity contribution in [3.8, 4) is 0 Å². The predicted octanol–water partition coefficient (Wildman–Crippen LogP) is 2.63. The Morgan fingerprint density at radius 2 is 2.24 bits per heavy atom. The largest absolute Gasteiger partial charge is 0.368 e. The van der Waals surface area contributed by atoms with Gasteiger partial charge in [-0.05, 0) is 18.8 Å². The van der Waals surface area contributed by atoms with Gasteiger partial charge in [-0.1, -0.05) is 24.4 Å². The molecular weight excluding hydrogens is 261 g/mol. The van der Waals surface area contributed by atoms with Gasteiger partial charge in [0, 0.05) is 11.9 Å². The van der Waals surface area contributed by atoms with E-state index < -0.39 is 0 Å². The molecule has 1 aliphatic rings. The van der Waals surface area contributed by atoms with E-state index in [1.807, 2.05) is 0 Å². The Bertz CT molecular complexity index is 435. The fourth-order valence-electron chi connectivity index (χ4n) is 2.13. The van der Waals surface area contributed by atoms with Crippen molar-refractivity contribution in [3.63, 3.8) is 0 Å². The minimum Gasteiger partial charge on any atom is -0.368 e. The van der Waals surface area contributed by atoms with Crippen LogP contribution in [0.5, 0.6) is 0 Å². The second-order valence-corrected chi connectivity index (χ2v) is 5.27. The molecule has 0 radical (unpaired) electrons. The molecule has 2 rings (SSSR count). The summed E-state index contributed by atoms with van der Waals surface area (Å²) in [6, 6.07) is 0. The Morgan fingerprint density at radius 3 is 3.00 bits per heavy atom. The van der Waals surface area contributed by atoms with E-state index in [0.29, 0.717) is 18.3 Å². The number of halogens is 2. The Labute approximate surface area is 110 Å². The van der Waals surface area contributed by atoms with Crippen LogP contribution in [-0.2, 0) is 0 Å². The van der Waals surface area contributed by atoms with E-state index in [4.69, 9.17) is 23.2 Å². The second kappa shape index (κ2) is 5.74. The summed E-state index contributed by atoms with van der Waals surface area (Å²) in [5.74, 6) is 0.854. The minimum atomic E-state index is -0.324. The minimum absolute atomic E-state index is 0.106. The first-order valence-corrected chi connectivity index (χ1v) is 6.61. The van der Waals surface area contributed by atoms with E-state index in [0.717, 1.165) is 12.8 Å². The molecule has 94 valence electrons. The van der Waals surface area contributed by atoms with Crippen LogP contribution in [0.4, 0.5) is 5.82 Å². The number of rotatable bonds is 3. The van der Waals surface area contributed by atoms with E-state index >= 15 is 0 Å². The van der Waals surface area contributed by atoms with E-state index in [2.05, 4.69) is 15.3 Å².